The van der Waals surface area contributed by atoms with Crippen molar-refractivity contribution in [2.24, 2.45) is 0 Å². The van der Waals surface area contributed by atoms with Crippen LogP contribution in [0.4, 0.5) is 0 Å². The molecule has 0 radical (unpaired) electrons. The summed E-state index contributed by atoms with van der Waals surface area (Å²) in [5.74, 6) is 0.0688. The fourth-order valence-corrected chi connectivity index (χ4v) is 3.31. The number of hydrogen-bond donors (Lipinski definition) is 2. The largest absolute Gasteiger partial charge is 0.394 e. The Morgan fingerprint density at radius 1 is 1.39 bits per heavy atom. The van der Waals surface area contributed by atoms with Crippen molar-refractivity contribution in [3.8, 4) is 0 Å². The van der Waals surface area contributed by atoms with Crippen LogP contribution in [0.25, 0.3) is 0 Å². The zero-order valence-corrected chi connectivity index (χ0v) is 11.5. The third-order valence-electron chi connectivity index (χ3n) is 3.70. The van der Waals surface area contributed by atoms with Gasteiger partial charge in [-0.1, -0.05) is 25.3 Å². The maximum Gasteiger partial charge on any atom is 0.220 e. The Morgan fingerprint density at radius 3 is 2.78 bits per heavy atom. The molecule has 0 aliphatic heterocycles. The van der Waals surface area contributed by atoms with E-state index in [-0.39, 0.29) is 18.1 Å². The van der Waals surface area contributed by atoms with Gasteiger partial charge in [-0.25, -0.2) is 0 Å². The van der Waals surface area contributed by atoms with Crippen LogP contribution in [0.5, 0.6) is 0 Å². The second kappa shape index (κ2) is 6.34. The molecule has 2 rings (SSSR count). The van der Waals surface area contributed by atoms with Gasteiger partial charge in [0.1, 0.15) is 0 Å². The first kappa shape index (κ1) is 13.6. The van der Waals surface area contributed by atoms with Crippen molar-refractivity contribution in [2.45, 2.75) is 50.5 Å². The Labute approximate surface area is 112 Å². The Kier molecular flexibility index (Phi) is 4.78. The summed E-state index contributed by atoms with van der Waals surface area (Å²) in [7, 11) is 0. The fraction of sp³-hybridized carbons (Fsp3) is 0.643. The molecule has 1 heterocycles. The second-order valence-electron chi connectivity index (χ2n) is 5.13. The number of amides is 1. The number of aliphatic hydroxyl groups is 1. The highest BCUT2D eigenvalue weighted by Gasteiger charge is 2.32. The van der Waals surface area contributed by atoms with Crippen molar-refractivity contribution in [1.82, 2.24) is 5.32 Å². The first-order valence-electron chi connectivity index (χ1n) is 6.68. The molecule has 0 bridgehead atoms. The highest BCUT2D eigenvalue weighted by Crippen LogP contribution is 2.27. The van der Waals surface area contributed by atoms with Gasteiger partial charge in [-0.05, 0) is 30.7 Å². The van der Waals surface area contributed by atoms with Crippen molar-refractivity contribution < 1.29 is 9.90 Å². The van der Waals surface area contributed by atoms with Gasteiger partial charge in [0, 0.05) is 11.3 Å². The van der Waals surface area contributed by atoms with Gasteiger partial charge in [0.25, 0.3) is 0 Å². The van der Waals surface area contributed by atoms with Crippen molar-refractivity contribution in [2.75, 3.05) is 6.61 Å². The van der Waals surface area contributed by atoms with Gasteiger partial charge in [0.05, 0.1) is 12.1 Å². The van der Waals surface area contributed by atoms with E-state index in [0.717, 1.165) is 32.1 Å². The molecule has 1 fully saturated rings. The summed E-state index contributed by atoms with van der Waals surface area (Å²) < 4.78 is 0. The summed E-state index contributed by atoms with van der Waals surface area (Å²) in [6, 6.07) is 4.06. The Morgan fingerprint density at radius 2 is 2.17 bits per heavy atom. The van der Waals surface area contributed by atoms with Gasteiger partial charge in [-0.3, -0.25) is 4.79 Å². The van der Waals surface area contributed by atoms with E-state index in [1.807, 2.05) is 11.4 Å². The molecule has 0 saturated heterocycles. The second-order valence-corrected chi connectivity index (χ2v) is 6.16. The van der Waals surface area contributed by atoms with Crippen molar-refractivity contribution in [3.05, 3.63) is 22.4 Å². The van der Waals surface area contributed by atoms with Crippen LogP contribution in [0.1, 0.15) is 43.4 Å². The first-order valence-corrected chi connectivity index (χ1v) is 7.56. The summed E-state index contributed by atoms with van der Waals surface area (Å²) in [4.78, 5) is 13.2. The van der Waals surface area contributed by atoms with Crippen molar-refractivity contribution in [1.29, 1.82) is 0 Å². The molecule has 0 atom stereocenters. The number of carbonyl (C=O) groups is 1. The molecule has 18 heavy (non-hydrogen) atoms. The van der Waals surface area contributed by atoms with E-state index in [4.69, 9.17) is 0 Å². The quantitative estimate of drug-likeness (QED) is 0.861. The van der Waals surface area contributed by atoms with E-state index in [9.17, 15) is 9.90 Å². The molecular formula is C14H21NO2S. The lowest BCUT2D eigenvalue weighted by molar-refractivity contribution is -0.124. The average molecular weight is 267 g/mol. The normalized spacial score (nSPS) is 18.5. The Bertz CT molecular complexity index is 369. The van der Waals surface area contributed by atoms with Gasteiger partial charge < -0.3 is 10.4 Å². The summed E-state index contributed by atoms with van der Waals surface area (Å²) in [6.07, 6.45) is 6.56. The molecule has 1 aliphatic rings. The molecule has 4 heteroatoms. The molecule has 1 aliphatic carbocycles. The van der Waals surface area contributed by atoms with Crippen LogP contribution in [-0.4, -0.2) is 23.2 Å². The summed E-state index contributed by atoms with van der Waals surface area (Å²) in [5.41, 5.74) is -0.342. The van der Waals surface area contributed by atoms with Crippen LogP contribution < -0.4 is 5.32 Å². The van der Waals surface area contributed by atoms with Crippen molar-refractivity contribution in [3.63, 3.8) is 0 Å². The average Bonchev–Trinajstić information content (AvgIpc) is 2.91. The Balaban J connectivity index is 1.81. The van der Waals surface area contributed by atoms with E-state index in [1.54, 1.807) is 11.3 Å². The number of hydrogen-bond acceptors (Lipinski definition) is 3. The van der Waals surface area contributed by atoms with Gasteiger partial charge >= 0.3 is 0 Å². The molecule has 1 aromatic heterocycles. The van der Waals surface area contributed by atoms with Crippen LogP contribution in [-0.2, 0) is 11.2 Å². The summed E-state index contributed by atoms with van der Waals surface area (Å²) in [6.45, 7) is 0.0672. The van der Waals surface area contributed by atoms with E-state index >= 15 is 0 Å². The van der Waals surface area contributed by atoms with Crippen molar-refractivity contribution >= 4 is 17.2 Å². The topological polar surface area (TPSA) is 49.3 Å². The van der Waals surface area contributed by atoms with Crippen LogP contribution in [0.2, 0.25) is 0 Å². The highest BCUT2D eigenvalue weighted by atomic mass is 32.1. The molecule has 1 amide bonds. The molecule has 3 nitrogen and oxygen atoms in total. The van der Waals surface area contributed by atoms with Gasteiger partial charge in [-0.15, -0.1) is 11.3 Å². The summed E-state index contributed by atoms with van der Waals surface area (Å²) in [5, 5.41) is 14.6. The molecule has 0 spiro atoms. The number of aliphatic hydroxyl groups excluding tert-OH is 1. The zero-order chi connectivity index (χ0) is 12.8. The number of carbonyl (C=O) groups excluding carboxylic acids is 1. The Hall–Kier alpha value is -0.870. The van der Waals surface area contributed by atoms with E-state index in [2.05, 4.69) is 11.4 Å². The third-order valence-corrected chi connectivity index (χ3v) is 4.63. The molecule has 1 saturated carbocycles. The third kappa shape index (κ3) is 3.56. The first-order chi connectivity index (χ1) is 8.74. The monoisotopic (exact) mass is 267 g/mol. The zero-order valence-electron chi connectivity index (χ0n) is 10.7. The van der Waals surface area contributed by atoms with Gasteiger partial charge in [-0.2, -0.15) is 0 Å². The van der Waals surface area contributed by atoms with Crippen LogP contribution in [0.3, 0.4) is 0 Å². The molecule has 0 aromatic carbocycles. The number of aryl methyl sites for hydroxylation is 1. The van der Waals surface area contributed by atoms with Gasteiger partial charge in [0.15, 0.2) is 0 Å². The minimum absolute atomic E-state index is 0.0672. The SMILES string of the molecule is O=C(CCc1cccs1)NC1(CO)CCCCC1. The predicted molar refractivity (Wildman–Crippen MR) is 73.7 cm³/mol. The maximum absolute atomic E-state index is 12.0. The minimum atomic E-state index is -0.342. The van der Waals surface area contributed by atoms with Crippen LogP contribution in [0, 0.1) is 0 Å². The van der Waals surface area contributed by atoms with Gasteiger partial charge in [0.2, 0.25) is 5.91 Å². The number of nitrogens with one attached hydrogen (secondary N) is 1. The molecule has 100 valence electrons. The molecule has 0 unspecified atom stereocenters. The lowest BCUT2D eigenvalue weighted by Gasteiger charge is -2.36. The minimum Gasteiger partial charge on any atom is -0.394 e. The standard InChI is InChI=1S/C14H21NO2S/c16-11-14(8-2-1-3-9-14)15-13(17)7-6-12-5-4-10-18-12/h4-5,10,16H,1-3,6-9,11H2,(H,15,17). The number of rotatable bonds is 5. The molecule has 1 aromatic rings. The fourth-order valence-electron chi connectivity index (χ4n) is 2.60. The van der Waals surface area contributed by atoms with Crippen LogP contribution >= 0.6 is 11.3 Å². The van der Waals surface area contributed by atoms with E-state index in [0.29, 0.717) is 6.42 Å². The lowest BCUT2D eigenvalue weighted by Crippen LogP contribution is -2.52. The molecular weight excluding hydrogens is 246 g/mol. The number of thiophene rings is 1. The van der Waals surface area contributed by atoms with Crippen LogP contribution in [0.15, 0.2) is 17.5 Å². The lowest BCUT2D eigenvalue weighted by atomic mass is 9.82. The highest BCUT2D eigenvalue weighted by molar-refractivity contribution is 7.09. The summed E-state index contributed by atoms with van der Waals surface area (Å²) >= 11 is 1.69. The predicted octanol–water partition coefficient (Wildman–Crippen LogP) is 2.49. The van der Waals surface area contributed by atoms with E-state index in [1.165, 1.54) is 11.3 Å². The van der Waals surface area contributed by atoms with E-state index < -0.39 is 0 Å². The molecule has 2 N–H and O–H groups in total. The smallest absolute Gasteiger partial charge is 0.220 e. The maximum atomic E-state index is 12.0.